The Bertz CT molecular complexity index is 895. The van der Waals surface area contributed by atoms with Crippen molar-refractivity contribution in [1.82, 2.24) is 9.47 Å². The summed E-state index contributed by atoms with van der Waals surface area (Å²) in [6.45, 7) is 2.87. The Morgan fingerprint density at radius 1 is 1.07 bits per heavy atom. The highest BCUT2D eigenvalue weighted by Crippen LogP contribution is 2.32. The van der Waals surface area contributed by atoms with Gasteiger partial charge in [-0.05, 0) is 55.3 Å². The summed E-state index contributed by atoms with van der Waals surface area (Å²) in [4.78, 5) is 15.4. The molecule has 0 N–H and O–H groups in total. The van der Waals surface area contributed by atoms with Crippen LogP contribution >= 0.6 is 0 Å². The highest BCUT2D eigenvalue weighted by atomic mass is 16.3. The van der Waals surface area contributed by atoms with Crippen molar-refractivity contribution in [1.29, 1.82) is 0 Å². The number of hydrogen-bond acceptors (Lipinski definition) is 2. The predicted octanol–water partition coefficient (Wildman–Crippen LogP) is 5.39. The molecule has 4 nitrogen and oxygen atoms in total. The number of carbonyl (C=O) groups excluding carboxylic acids is 1. The smallest absolute Gasteiger partial charge is 0.254 e. The molecule has 0 bridgehead atoms. The van der Waals surface area contributed by atoms with Crippen molar-refractivity contribution >= 4 is 5.91 Å². The van der Waals surface area contributed by atoms with Gasteiger partial charge < -0.3 is 13.9 Å². The Morgan fingerprint density at radius 2 is 1.93 bits per heavy atom. The van der Waals surface area contributed by atoms with Gasteiger partial charge in [-0.2, -0.15) is 0 Å². The average Bonchev–Trinajstić information content (AvgIpc) is 3.35. The number of likely N-dealkylation sites (tertiary alicyclic amines) is 1. The molecule has 1 aromatic carbocycles. The Labute approximate surface area is 160 Å². The van der Waals surface area contributed by atoms with Crippen LogP contribution in [0.2, 0.25) is 0 Å². The highest BCUT2D eigenvalue weighted by molar-refractivity contribution is 5.95. The summed E-state index contributed by atoms with van der Waals surface area (Å²) in [6, 6.07) is 16.0. The van der Waals surface area contributed by atoms with Crippen molar-refractivity contribution in [2.75, 3.05) is 6.54 Å². The third-order valence-corrected chi connectivity index (χ3v) is 5.37. The van der Waals surface area contributed by atoms with Crippen LogP contribution in [-0.4, -0.2) is 21.9 Å². The van der Waals surface area contributed by atoms with Crippen LogP contribution in [0.4, 0.5) is 0 Å². The maximum Gasteiger partial charge on any atom is 0.254 e. The van der Waals surface area contributed by atoms with E-state index in [4.69, 9.17) is 4.42 Å². The molecule has 3 aromatic rings. The molecule has 4 rings (SSSR count). The van der Waals surface area contributed by atoms with Crippen molar-refractivity contribution < 1.29 is 9.21 Å². The summed E-state index contributed by atoms with van der Waals surface area (Å²) in [7, 11) is 0. The van der Waals surface area contributed by atoms with Crippen molar-refractivity contribution in [3.63, 3.8) is 0 Å². The fraction of sp³-hybridized carbons (Fsp3) is 0.348. The number of aryl methyl sites for hydroxylation is 1. The molecule has 0 radical (unpaired) electrons. The fourth-order valence-corrected chi connectivity index (χ4v) is 3.88. The lowest BCUT2D eigenvalue weighted by Gasteiger charge is -2.29. The Hall–Kier alpha value is -2.75. The SMILES string of the molecule is CCc1ccc(C2CCCCCN2C(=O)c2cccc(-n3cccc3)c2)o1. The second-order valence-electron chi connectivity index (χ2n) is 7.16. The largest absolute Gasteiger partial charge is 0.464 e. The van der Waals surface area contributed by atoms with Crippen LogP contribution in [0, 0.1) is 0 Å². The normalized spacial score (nSPS) is 17.7. The van der Waals surface area contributed by atoms with Gasteiger partial charge in [-0.1, -0.05) is 25.8 Å². The minimum atomic E-state index is 0.0236. The minimum Gasteiger partial charge on any atom is -0.464 e. The molecule has 140 valence electrons. The van der Waals surface area contributed by atoms with E-state index in [1.807, 2.05) is 70.4 Å². The minimum absolute atomic E-state index is 0.0236. The average molecular weight is 362 g/mol. The molecule has 4 heteroatoms. The number of amides is 1. The molecule has 1 aliphatic heterocycles. The van der Waals surface area contributed by atoms with E-state index in [9.17, 15) is 4.79 Å². The number of rotatable bonds is 4. The van der Waals surface area contributed by atoms with E-state index in [1.165, 1.54) is 0 Å². The lowest BCUT2D eigenvalue weighted by atomic mass is 10.1. The van der Waals surface area contributed by atoms with Gasteiger partial charge in [-0.25, -0.2) is 0 Å². The van der Waals surface area contributed by atoms with Crippen LogP contribution in [0.3, 0.4) is 0 Å². The maximum absolute atomic E-state index is 13.4. The molecule has 3 heterocycles. The van der Waals surface area contributed by atoms with Gasteiger partial charge in [-0.15, -0.1) is 0 Å². The summed E-state index contributed by atoms with van der Waals surface area (Å²) in [6.07, 6.45) is 9.14. The van der Waals surface area contributed by atoms with Gasteiger partial charge in [0.2, 0.25) is 0 Å². The second kappa shape index (κ2) is 7.87. The van der Waals surface area contributed by atoms with E-state index in [0.29, 0.717) is 0 Å². The van der Waals surface area contributed by atoms with Crippen LogP contribution in [0.1, 0.15) is 60.5 Å². The zero-order valence-electron chi connectivity index (χ0n) is 15.8. The number of benzene rings is 1. The van der Waals surface area contributed by atoms with E-state index >= 15 is 0 Å². The first-order valence-electron chi connectivity index (χ1n) is 9.89. The van der Waals surface area contributed by atoms with E-state index in [0.717, 1.165) is 61.4 Å². The number of hydrogen-bond donors (Lipinski definition) is 0. The summed E-state index contributed by atoms with van der Waals surface area (Å²) in [5, 5.41) is 0. The van der Waals surface area contributed by atoms with E-state index in [-0.39, 0.29) is 11.9 Å². The summed E-state index contributed by atoms with van der Waals surface area (Å²) < 4.78 is 8.05. The summed E-state index contributed by atoms with van der Waals surface area (Å²) in [5.74, 6) is 1.99. The van der Waals surface area contributed by atoms with Crippen LogP contribution in [0.25, 0.3) is 5.69 Å². The standard InChI is InChI=1S/C23H26N2O2/c1-2-20-12-13-22(27-20)21-11-4-3-5-16-25(21)23(26)18-9-8-10-19(17-18)24-14-6-7-15-24/h6-10,12-15,17,21H,2-5,11,16H2,1H3. The van der Waals surface area contributed by atoms with Crippen LogP contribution in [0.15, 0.2) is 65.3 Å². The molecule has 1 unspecified atom stereocenters. The maximum atomic E-state index is 13.4. The molecule has 1 fully saturated rings. The van der Waals surface area contributed by atoms with Crippen LogP contribution in [-0.2, 0) is 6.42 Å². The Balaban J connectivity index is 1.64. The zero-order chi connectivity index (χ0) is 18.6. The quantitative estimate of drug-likeness (QED) is 0.624. The molecule has 27 heavy (non-hydrogen) atoms. The fourth-order valence-electron chi connectivity index (χ4n) is 3.88. The Kier molecular flexibility index (Phi) is 5.14. The predicted molar refractivity (Wildman–Crippen MR) is 106 cm³/mol. The lowest BCUT2D eigenvalue weighted by molar-refractivity contribution is 0.0657. The topological polar surface area (TPSA) is 38.4 Å². The first-order chi connectivity index (χ1) is 13.3. The Morgan fingerprint density at radius 3 is 2.70 bits per heavy atom. The third kappa shape index (κ3) is 3.70. The molecular formula is C23H26N2O2. The van der Waals surface area contributed by atoms with Gasteiger partial charge in [0.05, 0.1) is 6.04 Å². The van der Waals surface area contributed by atoms with Crippen molar-refractivity contribution in [2.45, 2.75) is 45.1 Å². The van der Waals surface area contributed by atoms with Gasteiger partial charge in [0, 0.05) is 36.6 Å². The van der Waals surface area contributed by atoms with Crippen molar-refractivity contribution in [3.05, 3.63) is 78.0 Å². The van der Waals surface area contributed by atoms with E-state index < -0.39 is 0 Å². The van der Waals surface area contributed by atoms with Crippen molar-refractivity contribution in [3.8, 4) is 5.69 Å². The third-order valence-electron chi connectivity index (χ3n) is 5.37. The lowest BCUT2D eigenvalue weighted by Crippen LogP contribution is -2.34. The number of furan rings is 1. The van der Waals surface area contributed by atoms with Gasteiger partial charge in [0.25, 0.3) is 5.91 Å². The van der Waals surface area contributed by atoms with Crippen LogP contribution in [0.5, 0.6) is 0 Å². The van der Waals surface area contributed by atoms with E-state index in [2.05, 4.69) is 6.92 Å². The molecule has 0 spiro atoms. The molecule has 1 amide bonds. The summed E-state index contributed by atoms with van der Waals surface area (Å²) >= 11 is 0. The first-order valence-corrected chi connectivity index (χ1v) is 9.89. The highest BCUT2D eigenvalue weighted by Gasteiger charge is 2.29. The second-order valence-corrected chi connectivity index (χ2v) is 7.16. The molecular weight excluding hydrogens is 336 g/mol. The zero-order valence-corrected chi connectivity index (χ0v) is 15.8. The number of aromatic nitrogens is 1. The van der Waals surface area contributed by atoms with Gasteiger partial charge in [-0.3, -0.25) is 4.79 Å². The molecule has 1 aliphatic rings. The molecule has 0 aliphatic carbocycles. The molecule has 1 atom stereocenters. The number of nitrogens with zero attached hydrogens (tertiary/aromatic N) is 2. The monoisotopic (exact) mass is 362 g/mol. The molecule has 2 aromatic heterocycles. The summed E-state index contributed by atoms with van der Waals surface area (Å²) in [5.41, 5.74) is 1.74. The van der Waals surface area contributed by atoms with Gasteiger partial charge in [0.1, 0.15) is 11.5 Å². The molecule has 0 saturated carbocycles. The molecule has 1 saturated heterocycles. The van der Waals surface area contributed by atoms with E-state index in [1.54, 1.807) is 0 Å². The van der Waals surface area contributed by atoms with Gasteiger partial charge in [0.15, 0.2) is 0 Å². The van der Waals surface area contributed by atoms with Crippen molar-refractivity contribution in [2.24, 2.45) is 0 Å². The van der Waals surface area contributed by atoms with Gasteiger partial charge >= 0.3 is 0 Å². The number of carbonyl (C=O) groups is 1. The first kappa shape index (κ1) is 17.7. The van der Waals surface area contributed by atoms with Crippen LogP contribution < -0.4 is 0 Å².